The molecule has 32 heavy (non-hydrogen) atoms. The monoisotopic (exact) mass is 492 g/mol. The Morgan fingerprint density at radius 3 is 2.50 bits per heavy atom. The number of halogens is 1. The van der Waals surface area contributed by atoms with E-state index in [2.05, 4.69) is 36.8 Å². The first-order valence-electron chi connectivity index (χ1n) is 9.58. The van der Waals surface area contributed by atoms with Gasteiger partial charge in [-0.3, -0.25) is 14.4 Å². The van der Waals surface area contributed by atoms with Crippen LogP contribution >= 0.6 is 15.9 Å². The molecule has 0 saturated heterocycles. The van der Waals surface area contributed by atoms with Crippen molar-refractivity contribution in [3.63, 3.8) is 0 Å². The topological polar surface area (TPSA) is 117 Å². The lowest BCUT2D eigenvalue weighted by molar-refractivity contribution is -0.117. The largest absolute Gasteiger partial charge is 0.465 e. The van der Waals surface area contributed by atoms with Gasteiger partial charge in [-0.2, -0.15) is 5.10 Å². The van der Waals surface area contributed by atoms with Crippen molar-refractivity contribution in [2.45, 2.75) is 6.54 Å². The van der Waals surface area contributed by atoms with E-state index in [1.54, 1.807) is 60.7 Å². The third-order valence-electron chi connectivity index (χ3n) is 4.62. The molecule has 0 atom stereocenters. The van der Waals surface area contributed by atoms with Gasteiger partial charge < -0.3 is 15.1 Å². The van der Waals surface area contributed by atoms with Crippen molar-refractivity contribution >= 4 is 44.6 Å². The molecule has 0 radical (unpaired) electrons. The molecule has 0 saturated carbocycles. The normalized spacial score (nSPS) is 11.3. The van der Waals surface area contributed by atoms with E-state index < -0.39 is 11.8 Å². The zero-order chi connectivity index (χ0) is 22.5. The average Bonchev–Trinajstić information content (AvgIpc) is 3.32. The van der Waals surface area contributed by atoms with E-state index in [4.69, 9.17) is 4.42 Å². The van der Waals surface area contributed by atoms with Gasteiger partial charge in [0.1, 0.15) is 11.5 Å². The molecule has 0 bridgehead atoms. The maximum atomic E-state index is 12.9. The second-order valence-corrected chi connectivity index (χ2v) is 7.68. The number of furan rings is 1. The highest BCUT2D eigenvalue weighted by Gasteiger charge is 2.16. The molecular formula is C23H17BrN4O4. The number of H-pyrrole nitrogens is 1. The maximum absolute atomic E-state index is 12.9. The molecule has 0 aliphatic carbocycles. The summed E-state index contributed by atoms with van der Waals surface area (Å²) in [5.41, 5.74) is 0.571. The summed E-state index contributed by atoms with van der Waals surface area (Å²) in [4.78, 5) is 37.5. The van der Waals surface area contributed by atoms with Crippen LogP contribution in [-0.4, -0.2) is 22.0 Å². The lowest BCUT2D eigenvalue weighted by Gasteiger charge is -2.11. The summed E-state index contributed by atoms with van der Waals surface area (Å²) in [7, 11) is 0. The first-order valence-corrected chi connectivity index (χ1v) is 10.4. The third-order valence-corrected chi connectivity index (χ3v) is 5.15. The van der Waals surface area contributed by atoms with Crippen LogP contribution in [0.2, 0.25) is 0 Å². The van der Waals surface area contributed by atoms with Crippen LogP contribution in [-0.2, 0) is 11.3 Å². The number of amides is 2. The Morgan fingerprint density at radius 2 is 1.78 bits per heavy atom. The van der Waals surface area contributed by atoms with Crippen molar-refractivity contribution in [3.8, 4) is 0 Å². The van der Waals surface area contributed by atoms with Crippen LogP contribution in [0.5, 0.6) is 0 Å². The van der Waals surface area contributed by atoms with Gasteiger partial charge in [-0.1, -0.05) is 34.1 Å². The molecule has 3 N–H and O–H groups in total. The molecule has 4 rings (SSSR count). The molecule has 2 aromatic heterocycles. The van der Waals surface area contributed by atoms with Gasteiger partial charge in [0.25, 0.3) is 17.4 Å². The number of aromatic amines is 1. The van der Waals surface area contributed by atoms with E-state index in [0.717, 1.165) is 4.47 Å². The van der Waals surface area contributed by atoms with Gasteiger partial charge in [0, 0.05) is 21.5 Å². The van der Waals surface area contributed by atoms with Crippen LogP contribution in [0.3, 0.4) is 0 Å². The summed E-state index contributed by atoms with van der Waals surface area (Å²) in [6, 6.07) is 17.1. The minimum absolute atomic E-state index is 0.00148. The molecule has 2 heterocycles. The highest BCUT2D eigenvalue weighted by molar-refractivity contribution is 9.10. The summed E-state index contributed by atoms with van der Waals surface area (Å²) >= 11 is 3.33. The number of hydrogen-bond acceptors (Lipinski definition) is 5. The van der Waals surface area contributed by atoms with E-state index in [9.17, 15) is 14.4 Å². The van der Waals surface area contributed by atoms with E-state index in [1.807, 2.05) is 0 Å². The molecule has 0 unspecified atom stereocenters. The Kier molecular flexibility index (Phi) is 6.27. The smallest absolute Gasteiger partial charge is 0.272 e. The van der Waals surface area contributed by atoms with Crippen LogP contribution in [0.15, 0.2) is 86.3 Å². The third kappa shape index (κ3) is 4.84. The fourth-order valence-electron chi connectivity index (χ4n) is 3.04. The predicted octanol–water partition coefficient (Wildman–Crippen LogP) is 3.37. The number of carbonyl (C=O) groups is 2. The van der Waals surface area contributed by atoms with Gasteiger partial charge in [0.05, 0.1) is 23.9 Å². The summed E-state index contributed by atoms with van der Waals surface area (Å²) in [6.45, 7) is 0.0414. The van der Waals surface area contributed by atoms with Crippen LogP contribution < -0.4 is 16.2 Å². The van der Waals surface area contributed by atoms with Gasteiger partial charge in [-0.05, 0) is 42.5 Å². The summed E-state index contributed by atoms with van der Waals surface area (Å²) < 4.78 is 6.12. The standard InChI is InChI=1S/C23H17BrN4O4/c24-15-9-7-14(8-10-15)21(29)26-19(12-16-4-3-11-32-16)23(31)25-13-20-17-5-1-2-6-18(17)22(30)28-27-20/h1-12H,13H2,(H,25,31)(H,26,29)(H,28,30)/b19-12-. The second kappa shape index (κ2) is 9.44. The number of carbonyl (C=O) groups excluding carboxylic acids is 2. The van der Waals surface area contributed by atoms with Gasteiger partial charge in [0.15, 0.2) is 0 Å². The molecule has 9 heteroatoms. The van der Waals surface area contributed by atoms with Crippen molar-refractivity contribution < 1.29 is 14.0 Å². The quantitative estimate of drug-likeness (QED) is 0.356. The van der Waals surface area contributed by atoms with Crippen molar-refractivity contribution in [2.24, 2.45) is 0 Å². The summed E-state index contributed by atoms with van der Waals surface area (Å²) in [5, 5.41) is 12.9. The Bertz CT molecular complexity index is 1360. The summed E-state index contributed by atoms with van der Waals surface area (Å²) in [6.07, 6.45) is 2.90. The van der Waals surface area contributed by atoms with E-state index in [-0.39, 0.29) is 17.8 Å². The zero-order valence-electron chi connectivity index (χ0n) is 16.6. The highest BCUT2D eigenvalue weighted by Crippen LogP contribution is 2.14. The number of rotatable bonds is 6. The molecule has 0 aliphatic rings. The lowest BCUT2D eigenvalue weighted by Crippen LogP contribution is -2.35. The Labute approximate surface area is 190 Å². The molecule has 2 aromatic carbocycles. The Hall–Kier alpha value is -3.98. The van der Waals surface area contributed by atoms with Crippen molar-refractivity contribution in [1.29, 1.82) is 0 Å². The molecule has 160 valence electrons. The summed E-state index contributed by atoms with van der Waals surface area (Å²) in [5.74, 6) is -0.583. The molecule has 0 spiro atoms. The second-order valence-electron chi connectivity index (χ2n) is 6.76. The average molecular weight is 493 g/mol. The minimum Gasteiger partial charge on any atom is -0.465 e. The zero-order valence-corrected chi connectivity index (χ0v) is 18.2. The molecule has 8 nitrogen and oxygen atoms in total. The molecule has 0 fully saturated rings. The molecule has 0 aliphatic heterocycles. The fourth-order valence-corrected chi connectivity index (χ4v) is 3.30. The lowest BCUT2D eigenvalue weighted by atomic mass is 10.1. The highest BCUT2D eigenvalue weighted by atomic mass is 79.9. The number of aromatic nitrogens is 2. The molecule has 4 aromatic rings. The minimum atomic E-state index is -0.538. The van der Waals surface area contributed by atoms with Gasteiger partial charge in [0.2, 0.25) is 0 Å². The van der Waals surface area contributed by atoms with Crippen LogP contribution in [0.4, 0.5) is 0 Å². The Morgan fingerprint density at radius 1 is 1.03 bits per heavy atom. The number of nitrogens with zero attached hydrogens (tertiary/aromatic N) is 1. The van der Waals surface area contributed by atoms with Crippen LogP contribution in [0.1, 0.15) is 21.8 Å². The van der Waals surface area contributed by atoms with E-state index in [1.165, 1.54) is 12.3 Å². The SMILES string of the molecule is O=C(NCc1n[nH]c(=O)c2ccccc12)/C(=C/c1ccco1)NC(=O)c1ccc(Br)cc1. The number of hydrogen-bond donors (Lipinski definition) is 3. The maximum Gasteiger partial charge on any atom is 0.272 e. The first kappa shape index (κ1) is 21.3. The van der Waals surface area contributed by atoms with Gasteiger partial charge in [-0.25, -0.2) is 5.10 Å². The van der Waals surface area contributed by atoms with Crippen LogP contribution in [0, 0.1) is 0 Å². The van der Waals surface area contributed by atoms with E-state index in [0.29, 0.717) is 27.8 Å². The van der Waals surface area contributed by atoms with Crippen molar-refractivity contribution in [2.75, 3.05) is 0 Å². The van der Waals surface area contributed by atoms with Crippen molar-refractivity contribution in [1.82, 2.24) is 20.8 Å². The van der Waals surface area contributed by atoms with Crippen LogP contribution in [0.25, 0.3) is 16.8 Å². The molecular weight excluding hydrogens is 476 g/mol. The van der Waals surface area contributed by atoms with Crippen molar-refractivity contribution in [3.05, 3.63) is 104 Å². The number of benzene rings is 2. The van der Waals surface area contributed by atoms with Gasteiger partial charge >= 0.3 is 0 Å². The number of nitrogens with one attached hydrogen (secondary N) is 3. The fraction of sp³-hybridized carbons (Fsp3) is 0.0435. The predicted molar refractivity (Wildman–Crippen MR) is 123 cm³/mol. The van der Waals surface area contributed by atoms with E-state index >= 15 is 0 Å². The van der Waals surface area contributed by atoms with Gasteiger partial charge in [-0.15, -0.1) is 0 Å². The number of fused-ring (bicyclic) bond motifs is 1. The Balaban J connectivity index is 1.56. The molecule has 2 amide bonds. The first-order chi connectivity index (χ1) is 15.5.